The van der Waals surface area contributed by atoms with Crippen molar-refractivity contribution in [2.45, 2.75) is 19.6 Å². The van der Waals surface area contributed by atoms with Crippen molar-refractivity contribution in [3.63, 3.8) is 0 Å². The molecular formula is C15H15ClFNO. The summed E-state index contributed by atoms with van der Waals surface area (Å²) in [6.45, 7) is 2.08. The zero-order valence-corrected chi connectivity index (χ0v) is 11.3. The molecule has 4 heteroatoms. The standard InChI is InChI=1S/C15H15ClFNO/c1-10(18)11-3-6-14(7-4-11)19-9-12-2-5-13(16)8-15(12)17/h2-8,10H,9,18H2,1H3/t10-/m1/s1. The molecule has 0 aliphatic heterocycles. The fourth-order valence-corrected chi connectivity index (χ4v) is 1.83. The van der Waals surface area contributed by atoms with Gasteiger partial charge < -0.3 is 10.5 Å². The topological polar surface area (TPSA) is 35.2 Å². The average Bonchev–Trinajstić information content (AvgIpc) is 2.38. The van der Waals surface area contributed by atoms with Gasteiger partial charge in [-0.15, -0.1) is 0 Å². The molecule has 0 heterocycles. The van der Waals surface area contributed by atoms with Crippen molar-refractivity contribution < 1.29 is 9.13 Å². The minimum atomic E-state index is -0.361. The van der Waals surface area contributed by atoms with Crippen LogP contribution in [0.5, 0.6) is 5.75 Å². The van der Waals surface area contributed by atoms with Gasteiger partial charge in [0, 0.05) is 16.6 Å². The smallest absolute Gasteiger partial charge is 0.131 e. The molecule has 0 aliphatic rings. The lowest BCUT2D eigenvalue weighted by atomic mass is 10.1. The predicted octanol–water partition coefficient (Wildman–Crippen LogP) is 4.08. The largest absolute Gasteiger partial charge is 0.489 e. The summed E-state index contributed by atoms with van der Waals surface area (Å²) < 4.78 is 19.1. The van der Waals surface area contributed by atoms with Crippen LogP contribution >= 0.6 is 11.6 Å². The fraction of sp³-hybridized carbons (Fsp3) is 0.200. The maximum absolute atomic E-state index is 13.5. The van der Waals surface area contributed by atoms with Gasteiger partial charge in [-0.3, -0.25) is 0 Å². The number of halogens is 2. The number of hydrogen-bond donors (Lipinski definition) is 1. The highest BCUT2D eigenvalue weighted by atomic mass is 35.5. The molecule has 0 unspecified atom stereocenters. The number of nitrogens with two attached hydrogens (primary N) is 1. The molecule has 0 bridgehead atoms. The molecule has 1 atom stereocenters. The van der Waals surface area contributed by atoms with Crippen molar-refractivity contribution in [3.8, 4) is 5.75 Å². The Bertz CT molecular complexity index is 555. The van der Waals surface area contributed by atoms with Crippen molar-refractivity contribution in [3.05, 3.63) is 64.4 Å². The minimum absolute atomic E-state index is 0.0113. The highest BCUT2D eigenvalue weighted by Crippen LogP contribution is 2.19. The third-order valence-electron chi connectivity index (χ3n) is 2.82. The Hall–Kier alpha value is -1.58. The lowest BCUT2D eigenvalue weighted by Crippen LogP contribution is -2.04. The van der Waals surface area contributed by atoms with Gasteiger partial charge in [-0.1, -0.05) is 29.8 Å². The number of hydrogen-bond acceptors (Lipinski definition) is 2. The maximum Gasteiger partial charge on any atom is 0.131 e. The number of ether oxygens (including phenoxy) is 1. The maximum atomic E-state index is 13.5. The summed E-state index contributed by atoms with van der Waals surface area (Å²) in [6.07, 6.45) is 0. The molecule has 0 saturated carbocycles. The first kappa shape index (κ1) is 13.8. The van der Waals surface area contributed by atoms with Gasteiger partial charge in [0.15, 0.2) is 0 Å². The third kappa shape index (κ3) is 3.69. The molecule has 0 aromatic heterocycles. The molecule has 0 spiro atoms. The lowest BCUT2D eigenvalue weighted by molar-refractivity contribution is 0.300. The third-order valence-corrected chi connectivity index (χ3v) is 3.05. The van der Waals surface area contributed by atoms with Gasteiger partial charge >= 0.3 is 0 Å². The van der Waals surface area contributed by atoms with Crippen molar-refractivity contribution in [2.24, 2.45) is 5.73 Å². The molecule has 0 fully saturated rings. The van der Waals surface area contributed by atoms with E-state index in [0.29, 0.717) is 16.3 Å². The molecule has 0 aliphatic carbocycles. The van der Waals surface area contributed by atoms with E-state index in [1.54, 1.807) is 12.1 Å². The first-order valence-electron chi connectivity index (χ1n) is 5.98. The SMILES string of the molecule is C[C@@H](N)c1ccc(OCc2ccc(Cl)cc2F)cc1. The molecule has 2 rings (SSSR count). The van der Waals surface area contributed by atoms with Gasteiger partial charge in [-0.2, -0.15) is 0 Å². The molecule has 2 nitrogen and oxygen atoms in total. The summed E-state index contributed by atoms with van der Waals surface area (Å²) in [6, 6.07) is 12.0. The van der Waals surface area contributed by atoms with E-state index < -0.39 is 0 Å². The molecular weight excluding hydrogens is 265 g/mol. The number of benzene rings is 2. The van der Waals surface area contributed by atoms with Crippen LogP contribution in [-0.4, -0.2) is 0 Å². The molecule has 2 aromatic rings. The first-order valence-corrected chi connectivity index (χ1v) is 6.36. The highest BCUT2D eigenvalue weighted by Gasteiger charge is 2.04. The Balaban J connectivity index is 2.02. The van der Waals surface area contributed by atoms with Crippen molar-refractivity contribution in [1.82, 2.24) is 0 Å². The second kappa shape index (κ2) is 6.04. The molecule has 100 valence electrons. The Kier molecular flexibility index (Phi) is 4.40. The van der Waals surface area contributed by atoms with Gasteiger partial charge in [0.1, 0.15) is 18.2 Å². The second-order valence-corrected chi connectivity index (χ2v) is 4.82. The summed E-state index contributed by atoms with van der Waals surface area (Å²) in [4.78, 5) is 0. The quantitative estimate of drug-likeness (QED) is 0.915. The zero-order valence-electron chi connectivity index (χ0n) is 10.6. The first-order chi connectivity index (χ1) is 9.06. The van der Waals surface area contributed by atoms with E-state index in [1.165, 1.54) is 6.07 Å². The van der Waals surface area contributed by atoms with Gasteiger partial charge in [0.2, 0.25) is 0 Å². The van der Waals surface area contributed by atoms with E-state index in [1.807, 2.05) is 31.2 Å². The van der Waals surface area contributed by atoms with Crippen molar-refractivity contribution in [2.75, 3.05) is 0 Å². The Morgan fingerprint density at radius 2 is 1.89 bits per heavy atom. The van der Waals surface area contributed by atoms with Gasteiger partial charge in [0.25, 0.3) is 0 Å². The van der Waals surface area contributed by atoms with Crippen LogP contribution in [0.15, 0.2) is 42.5 Å². The van der Waals surface area contributed by atoms with Gasteiger partial charge in [0.05, 0.1) is 0 Å². The van der Waals surface area contributed by atoms with E-state index in [2.05, 4.69) is 0 Å². The summed E-state index contributed by atoms with van der Waals surface area (Å²) in [7, 11) is 0. The summed E-state index contributed by atoms with van der Waals surface area (Å²) in [5.41, 5.74) is 7.27. The summed E-state index contributed by atoms with van der Waals surface area (Å²) in [5.74, 6) is 0.318. The molecule has 0 saturated heterocycles. The lowest BCUT2D eigenvalue weighted by Gasteiger charge is -2.09. The molecule has 2 aromatic carbocycles. The number of rotatable bonds is 4. The van der Waals surface area contributed by atoms with Crippen LogP contribution < -0.4 is 10.5 Å². The van der Waals surface area contributed by atoms with Crippen LogP contribution in [0.1, 0.15) is 24.1 Å². The van der Waals surface area contributed by atoms with Crippen LogP contribution in [-0.2, 0) is 6.61 Å². The molecule has 19 heavy (non-hydrogen) atoms. The van der Waals surface area contributed by atoms with Crippen molar-refractivity contribution >= 4 is 11.6 Å². The summed E-state index contributed by atoms with van der Waals surface area (Å²) >= 11 is 5.69. The molecule has 0 radical (unpaired) electrons. The second-order valence-electron chi connectivity index (χ2n) is 4.38. The van der Waals surface area contributed by atoms with Crippen LogP contribution in [0.3, 0.4) is 0 Å². The van der Waals surface area contributed by atoms with Crippen LogP contribution in [0.25, 0.3) is 0 Å². The van der Waals surface area contributed by atoms with Gasteiger partial charge in [-0.25, -0.2) is 4.39 Å². The Labute approximate surface area is 117 Å². The molecule has 2 N–H and O–H groups in total. The van der Waals surface area contributed by atoms with E-state index >= 15 is 0 Å². The van der Waals surface area contributed by atoms with E-state index in [9.17, 15) is 4.39 Å². The fourth-order valence-electron chi connectivity index (χ4n) is 1.67. The van der Waals surface area contributed by atoms with Crippen molar-refractivity contribution in [1.29, 1.82) is 0 Å². The van der Waals surface area contributed by atoms with Gasteiger partial charge in [-0.05, 0) is 36.8 Å². The van der Waals surface area contributed by atoms with Crippen LogP contribution in [0.2, 0.25) is 5.02 Å². The average molecular weight is 280 g/mol. The van der Waals surface area contributed by atoms with E-state index in [-0.39, 0.29) is 18.5 Å². The van der Waals surface area contributed by atoms with E-state index in [4.69, 9.17) is 22.1 Å². The highest BCUT2D eigenvalue weighted by molar-refractivity contribution is 6.30. The Morgan fingerprint density at radius 3 is 2.47 bits per heavy atom. The van der Waals surface area contributed by atoms with Crippen LogP contribution in [0, 0.1) is 5.82 Å². The summed E-state index contributed by atoms with van der Waals surface area (Å²) in [5, 5.41) is 0.377. The Morgan fingerprint density at radius 1 is 1.21 bits per heavy atom. The molecule has 0 amide bonds. The predicted molar refractivity (Wildman–Crippen MR) is 74.8 cm³/mol. The zero-order chi connectivity index (χ0) is 13.8. The van der Waals surface area contributed by atoms with E-state index in [0.717, 1.165) is 5.56 Å². The minimum Gasteiger partial charge on any atom is -0.489 e. The normalized spacial score (nSPS) is 12.2. The van der Waals surface area contributed by atoms with Crippen LogP contribution in [0.4, 0.5) is 4.39 Å². The monoisotopic (exact) mass is 279 g/mol.